The minimum atomic E-state index is -0.399. The van der Waals surface area contributed by atoms with Crippen LogP contribution in [-0.4, -0.2) is 16.3 Å². The standard InChI is InChI=1S/C25H27NO3S/c1-14-11-17-18(25(4,5)10-9-24(17,2)3)13-16(14)21-15(7-6-8-19(21)27)12-20-22(28)26-23(29)30-20/h6-8,11-13,27H,9-10H2,1-5H3,(H,26,28,29). The van der Waals surface area contributed by atoms with Gasteiger partial charge in [-0.1, -0.05) is 45.9 Å². The van der Waals surface area contributed by atoms with Crippen molar-refractivity contribution in [3.05, 3.63) is 57.5 Å². The number of carbonyl (C=O) groups excluding carboxylic acids is 2. The third-order valence-corrected chi connectivity index (χ3v) is 7.28. The van der Waals surface area contributed by atoms with Gasteiger partial charge >= 0.3 is 0 Å². The number of phenols is 1. The number of aryl methyl sites for hydroxylation is 1. The predicted molar refractivity (Wildman–Crippen MR) is 123 cm³/mol. The molecule has 5 heteroatoms. The number of hydrogen-bond acceptors (Lipinski definition) is 4. The molecule has 1 saturated heterocycles. The summed E-state index contributed by atoms with van der Waals surface area (Å²) < 4.78 is 0. The zero-order valence-corrected chi connectivity index (χ0v) is 18.9. The SMILES string of the molecule is Cc1cc2c(cc1-c1c(O)cccc1C=C1SC(=O)NC1=O)C(C)(C)CCC2(C)C. The first-order chi connectivity index (χ1) is 14.0. The molecule has 30 heavy (non-hydrogen) atoms. The van der Waals surface area contributed by atoms with Crippen molar-refractivity contribution >= 4 is 29.0 Å². The number of phenolic OH excluding ortho intramolecular Hbond substituents is 1. The number of nitrogens with one attached hydrogen (secondary N) is 1. The van der Waals surface area contributed by atoms with E-state index < -0.39 is 5.91 Å². The monoisotopic (exact) mass is 421 g/mol. The van der Waals surface area contributed by atoms with Gasteiger partial charge in [0.25, 0.3) is 11.1 Å². The minimum Gasteiger partial charge on any atom is -0.507 e. The summed E-state index contributed by atoms with van der Waals surface area (Å²) in [6, 6.07) is 9.77. The quantitative estimate of drug-likeness (QED) is 0.580. The molecule has 2 amide bonds. The number of amides is 2. The van der Waals surface area contributed by atoms with Crippen LogP contribution in [0.25, 0.3) is 17.2 Å². The van der Waals surface area contributed by atoms with Crippen molar-refractivity contribution in [1.29, 1.82) is 0 Å². The van der Waals surface area contributed by atoms with Crippen LogP contribution in [0.1, 0.15) is 62.8 Å². The number of rotatable bonds is 2. The van der Waals surface area contributed by atoms with Crippen molar-refractivity contribution in [2.24, 2.45) is 0 Å². The van der Waals surface area contributed by atoms with E-state index in [-0.39, 0.29) is 21.8 Å². The van der Waals surface area contributed by atoms with Gasteiger partial charge in [-0.15, -0.1) is 0 Å². The van der Waals surface area contributed by atoms with Gasteiger partial charge in [-0.25, -0.2) is 0 Å². The molecule has 1 fully saturated rings. The maximum Gasteiger partial charge on any atom is 0.290 e. The normalized spacial score (nSPS) is 20.9. The summed E-state index contributed by atoms with van der Waals surface area (Å²) in [4.78, 5) is 24.0. The summed E-state index contributed by atoms with van der Waals surface area (Å²) in [5.74, 6) is -0.237. The second kappa shape index (κ2) is 7.02. The van der Waals surface area contributed by atoms with Gasteiger partial charge in [0, 0.05) is 5.56 Å². The van der Waals surface area contributed by atoms with E-state index in [1.165, 1.54) is 11.1 Å². The fourth-order valence-corrected chi connectivity index (χ4v) is 5.20. The average molecular weight is 422 g/mol. The number of aromatic hydroxyl groups is 1. The van der Waals surface area contributed by atoms with Crippen molar-refractivity contribution in [2.75, 3.05) is 0 Å². The van der Waals surface area contributed by atoms with Crippen LogP contribution in [0.5, 0.6) is 5.75 Å². The Morgan fingerprint density at radius 1 is 1.03 bits per heavy atom. The molecule has 0 saturated carbocycles. The van der Waals surface area contributed by atoms with Crippen molar-refractivity contribution in [2.45, 2.75) is 58.3 Å². The highest BCUT2D eigenvalue weighted by atomic mass is 32.2. The number of thioether (sulfide) groups is 1. The van der Waals surface area contributed by atoms with Crippen LogP contribution in [-0.2, 0) is 15.6 Å². The Morgan fingerprint density at radius 3 is 2.27 bits per heavy atom. The van der Waals surface area contributed by atoms with Gasteiger partial charge in [-0.05, 0) is 88.4 Å². The maximum absolute atomic E-state index is 12.1. The molecule has 2 aliphatic rings. The summed E-state index contributed by atoms with van der Waals surface area (Å²) in [7, 11) is 0. The number of carbonyl (C=O) groups is 2. The Hall–Kier alpha value is -2.53. The van der Waals surface area contributed by atoms with Crippen LogP contribution in [0.4, 0.5) is 4.79 Å². The second-order valence-electron chi connectivity index (χ2n) is 9.57. The highest BCUT2D eigenvalue weighted by molar-refractivity contribution is 8.18. The van der Waals surface area contributed by atoms with Crippen LogP contribution in [0.3, 0.4) is 0 Å². The predicted octanol–water partition coefficient (Wildman–Crippen LogP) is 6.04. The van der Waals surface area contributed by atoms with Crippen molar-refractivity contribution in [1.82, 2.24) is 5.32 Å². The number of benzene rings is 2. The molecule has 2 aromatic rings. The highest BCUT2D eigenvalue weighted by Gasteiger charge is 2.37. The van der Waals surface area contributed by atoms with E-state index >= 15 is 0 Å². The Balaban J connectivity index is 1.94. The fourth-order valence-electron chi connectivity index (χ4n) is 4.52. The second-order valence-corrected chi connectivity index (χ2v) is 10.6. The summed E-state index contributed by atoms with van der Waals surface area (Å²) >= 11 is 0.885. The lowest BCUT2D eigenvalue weighted by Gasteiger charge is -2.42. The van der Waals surface area contributed by atoms with E-state index in [9.17, 15) is 14.7 Å². The molecule has 2 N–H and O–H groups in total. The first-order valence-electron chi connectivity index (χ1n) is 10.2. The van der Waals surface area contributed by atoms with Gasteiger partial charge in [0.2, 0.25) is 0 Å². The molecule has 0 aromatic heterocycles. The molecule has 4 rings (SSSR count). The van der Waals surface area contributed by atoms with Crippen molar-refractivity contribution in [3.63, 3.8) is 0 Å². The highest BCUT2D eigenvalue weighted by Crippen LogP contribution is 2.49. The zero-order valence-electron chi connectivity index (χ0n) is 18.1. The smallest absolute Gasteiger partial charge is 0.290 e. The molecule has 0 unspecified atom stereocenters. The van der Waals surface area contributed by atoms with Gasteiger partial charge < -0.3 is 5.11 Å². The molecular formula is C25H27NO3S. The third kappa shape index (κ3) is 3.45. The molecule has 0 spiro atoms. The molecule has 0 radical (unpaired) electrons. The van der Waals surface area contributed by atoms with Crippen molar-refractivity contribution < 1.29 is 14.7 Å². The van der Waals surface area contributed by atoms with Crippen LogP contribution in [0, 0.1) is 6.92 Å². The van der Waals surface area contributed by atoms with E-state index in [0.29, 0.717) is 10.5 Å². The molecule has 0 bridgehead atoms. The third-order valence-electron chi connectivity index (χ3n) is 6.47. The fraction of sp³-hybridized carbons (Fsp3) is 0.360. The lowest BCUT2D eigenvalue weighted by molar-refractivity contribution is -0.115. The zero-order chi connectivity index (χ0) is 21.8. The molecule has 1 heterocycles. The summed E-state index contributed by atoms with van der Waals surface area (Å²) in [5.41, 5.74) is 6.28. The van der Waals surface area contributed by atoms with Gasteiger partial charge in [-0.2, -0.15) is 0 Å². The topological polar surface area (TPSA) is 66.4 Å². The van der Waals surface area contributed by atoms with Crippen LogP contribution < -0.4 is 5.32 Å². The largest absolute Gasteiger partial charge is 0.507 e. The molecule has 4 nitrogen and oxygen atoms in total. The number of hydrogen-bond donors (Lipinski definition) is 2. The van der Waals surface area contributed by atoms with Crippen LogP contribution >= 0.6 is 11.8 Å². The first kappa shape index (κ1) is 20.7. The molecule has 156 valence electrons. The Bertz CT molecular complexity index is 1110. The summed E-state index contributed by atoms with van der Waals surface area (Å²) in [6.07, 6.45) is 3.93. The van der Waals surface area contributed by atoms with E-state index in [0.717, 1.165) is 41.3 Å². The number of imide groups is 1. The Morgan fingerprint density at radius 2 is 1.67 bits per heavy atom. The Kier molecular flexibility index (Phi) is 4.85. The van der Waals surface area contributed by atoms with Gasteiger partial charge in [0.05, 0.1) is 4.91 Å². The van der Waals surface area contributed by atoms with E-state index in [1.807, 2.05) is 6.07 Å². The van der Waals surface area contributed by atoms with Crippen LogP contribution in [0.2, 0.25) is 0 Å². The molecule has 1 aliphatic carbocycles. The van der Waals surface area contributed by atoms with Gasteiger partial charge in [0.1, 0.15) is 5.75 Å². The summed E-state index contributed by atoms with van der Waals surface area (Å²) in [5, 5.41) is 12.7. The lowest BCUT2D eigenvalue weighted by Crippen LogP contribution is -2.34. The summed E-state index contributed by atoms with van der Waals surface area (Å²) in [6.45, 7) is 11.2. The average Bonchev–Trinajstić information content (AvgIpc) is 2.97. The molecular weight excluding hydrogens is 394 g/mol. The Labute approximate surface area is 181 Å². The van der Waals surface area contributed by atoms with E-state index in [1.54, 1.807) is 18.2 Å². The van der Waals surface area contributed by atoms with E-state index in [4.69, 9.17) is 0 Å². The molecule has 1 aliphatic heterocycles. The minimum absolute atomic E-state index is 0.0456. The van der Waals surface area contributed by atoms with Gasteiger partial charge in [0.15, 0.2) is 0 Å². The molecule has 2 aromatic carbocycles. The first-order valence-corrected chi connectivity index (χ1v) is 11.0. The van der Waals surface area contributed by atoms with Crippen LogP contribution in [0.15, 0.2) is 35.2 Å². The van der Waals surface area contributed by atoms with Gasteiger partial charge in [-0.3, -0.25) is 14.9 Å². The lowest BCUT2D eigenvalue weighted by atomic mass is 9.62. The number of fused-ring (bicyclic) bond motifs is 1. The molecule has 0 atom stereocenters. The maximum atomic E-state index is 12.1. The van der Waals surface area contributed by atoms with E-state index in [2.05, 4.69) is 52.1 Å². The van der Waals surface area contributed by atoms with Crippen molar-refractivity contribution in [3.8, 4) is 16.9 Å².